The quantitative estimate of drug-likeness (QED) is 0.142. The zero-order valence-electron chi connectivity index (χ0n) is 35.0. The van der Waals surface area contributed by atoms with E-state index in [4.69, 9.17) is 0 Å². The van der Waals surface area contributed by atoms with Crippen LogP contribution < -0.4 is 21.1 Å². The van der Waals surface area contributed by atoms with E-state index in [2.05, 4.69) is 215 Å². The Hall–Kier alpha value is -5.47. The van der Waals surface area contributed by atoms with Crippen molar-refractivity contribution in [1.29, 1.82) is 0 Å². The zero-order valence-corrected chi connectivity index (χ0v) is 35.9. The summed E-state index contributed by atoms with van der Waals surface area (Å²) in [6, 6.07) is 45.6. The van der Waals surface area contributed by atoms with Crippen LogP contribution in [0.4, 0.5) is 17.1 Å². The number of para-hydroxylation sites is 1. The first-order valence-corrected chi connectivity index (χ1v) is 24.2. The summed E-state index contributed by atoms with van der Waals surface area (Å²) >= 11 is 0. The van der Waals surface area contributed by atoms with E-state index in [1.165, 1.54) is 94.8 Å². The molecule has 0 saturated heterocycles. The summed E-state index contributed by atoms with van der Waals surface area (Å²) in [7, 11) is 1.34. The van der Waals surface area contributed by atoms with E-state index in [1.54, 1.807) is 0 Å². The molecule has 4 heteroatoms. The van der Waals surface area contributed by atoms with E-state index in [-0.39, 0.29) is 5.41 Å². The fourth-order valence-electron chi connectivity index (χ4n) is 9.92. The van der Waals surface area contributed by atoms with Gasteiger partial charge in [-0.1, -0.05) is 153 Å². The third kappa shape index (κ3) is 6.51. The van der Waals surface area contributed by atoms with Crippen molar-refractivity contribution in [3.8, 4) is 33.4 Å². The number of hydrogen-bond donors (Lipinski definition) is 1. The van der Waals surface area contributed by atoms with Crippen molar-refractivity contribution >= 4 is 48.1 Å². The summed E-state index contributed by atoms with van der Waals surface area (Å²) in [5.74, 6) is 0. The lowest BCUT2D eigenvalue weighted by atomic mass is 9.56. The number of fused-ring (bicyclic) bond motifs is 8. The second kappa shape index (κ2) is 15.0. The molecule has 1 atom stereocenters. The third-order valence-electron chi connectivity index (χ3n) is 13.5. The molecule has 0 fully saturated rings. The van der Waals surface area contributed by atoms with Crippen LogP contribution in [0.1, 0.15) is 48.6 Å². The molecule has 0 aromatic heterocycles. The predicted octanol–water partition coefficient (Wildman–Crippen LogP) is 12.0. The molecular weight excluding hydrogens is 730 g/mol. The van der Waals surface area contributed by atoms with Gasteiger partial charge in [-0.3, -0.25) is 0 Å². The lowest BCUT2D eigenvalue weighted by Crippen LogP contribution is -2.43. The molecule has 2 aliphatic carbocycles. The molecule has 2 nitrogen and oxygen atoms in total. The predicted molar refractivity (Wildman–Crippen MR) is 259 cm³/mol. The summed E-state index contributed by atoms with van der Waals surface area (Å²) < 4.78 is 0. The van der Waals surface area contributed by atoms with Gasteiger partial charge in [0.1, 0.15) is 0 Å². The average molecular weight is 783 g/mol. The molecule has 4 aliphatic rings. The highest BCUT2D eigenvalue weighted by atomic mass is 31.2. The van der Waals surface area contributed by atoms with Gasteiger partial charge in [-0.2, -0.15) is 0 Å². The molecule has 1 N–H and O–H groups in total. The van der Waals surface area contributed by atoms with Crippen molar-refractivity contribution in [1.82, 2.24) is 5.32 Å². The maximum atomic E-state index is 3.84. The number of rotatable bonds is 3. The Balaban J connectivity index is 1.25. The third-order valence-corrected chi connectivity index (χ3v) is 17.0. The second-order valence-corrected chi connectivity index (χ2v) is 22.5. The van der Waals surface area contributed by atoms with Crippen LogP contribution in [0.2, 0.25) is 0 Å². The van der Waals surface area contributed by atoms with Gasteiger partial charge in [0.25, 0.3) is 0 Å². The largest absolute Gasteiger partial charge is 0.311 e. The molecule has 59 heavy (non-hydrogen) atoms. The standard InChI is InChI=1S/C55H52BN2P/c1-37-20-8-7-18-30-57-36-40(24-17-19-31-59(37,4)5)53-52-41(32-39-23-11-12-26-43(39)52)33-51-54(53)56-48-35-47-45(44-27-13-15-28-46(44)55(47,2)3)34-50(48)58(51)49-29-16-14-25-42(49)38-21-9-6-10-22-38/h6-29,33-35,37,57H,30-32,36H2,1-5H3/q+1/b18-7-,19-17-,20-8-,40-24+. The van der Waals surface area contributed by atoms with Crippen LogP contribution in [0.5, 0.6) is 0 Å². The summed E-state index contributed by atoms with van der Waals surface area (Å²) in [5, 5.41) is 3.84. The van der Waals surface area contributed by atoms with Crippen LogP contribution >= 0.6 is 7.26 Å². The molecule has 289 valence electrons. The Morgan fingerprint density at radius 1 is 0.661 bits per heavy atom. The highest BCUT2D eigenvalue weighted by Crippen LogP contribution is 2.57. The van der Waals surface area contributed by atoms with Gasteiger partial charge in [0.2, 0.25) is 0 Å². The van der Waals surface area contributed by atoms with Crippen molar-refractivity contribution in [2.75, 3.05) is 37.5 Å². The molecule has 1 unspecified atom stereocenters. The lowest BCUT2D eigenvalue weighted by Gasteiger charge is -2.38. The molecule has 0 saturated carbocycles. The van der Waals surface area contributed by atoms with Gasteiger partial charge in [0.15, 0.2) is 7.28 Å². The van der Waals surface area contributed by atoms with E-state index in [1.807, 2.05) is 0 Å². The first-order valence-electron chi connectivity index (χ1n) is 21.3. The van der Waals surface area contributed by atoms with Gasteiger partial charge in [-0.25, -0.2) is 0 Å². The van der Waals surface area contributed by atoms with E-state index >= 15 is 0 Å². The Morgan fingerprint density at radius 2 is 1.41 bits per heavy atom. The van der Waals surface area contributed by atoms with Crippen molar-refractivity contribution in [3.63, 3.8) is 0 Å². The molecule has 6 aromatic rings. The zero-order chi connectivity index (χ0) is 40.3. The minimum absolute atomic E-state index is 0.111. The lowest BCUT2D eigenvalue weighted by molar-refractivity contribution is 0.661. The normalized spacial score (nSPS) is 20.9. The summed E-state index contributed by atoms with van der Waals surface area (Å²) in [6.45, 7) is 13.7. The minimum Gasteiger partial charge on any atom is -0.311 e. The molecule has 2 heterocycles. The highest BCUT2D eigenvalue weighted by molar-refractivity contribution is 7.75. The number of anilines is 3. The average Bonchev–Trinajstić information content (AvgIpc) is 3.73. The number of benzene rings is 6. The Labute approximate surface area is 352 Å². The van der Waals surface area contributed by atoms with Gasteiger partial charge in [0.05, 0.1) is 17.5 Å². The smallest absolute Gasteiger partial charge is 0.197 e. The van der Waals surface area contributed by atoms with E-state index < -0.39 is 7.26 Å². The fraction of sp³-hybridized carbons (Fsp3) is 0.200. The highest BCUT2D eigenvalue weighted by Gasteiger charge is 2.40. The van der Waals surface area contributed by atoms with Crippen molar-refractivity contribution in [2.24, 2.45) is 0 Å². The molecule has 6 aromatic carbocycles. The molecule has 1 radical (unpaired) electrons. The first kappa shape index (κ1) is 37.8. The maximum absolute atomic E-state index is 3.84. The van der Waals surface area contributed by atoms with E-state index in [9.17, 15) is 0 Å². The van der Waals surface area contributed by atoms with Crippen molar-refractivity contribution < 1.29 is 0 Å². The van der Waals surface area contributed by atoms with Crippen LogP contribution in [0.3, 0.4) is 0 Å². The number of hydrogen-bond acceptors (Lipinski definition) is 2. The van der Waals surface area contributed by atoms with Crippen LogP contribution in [0.15, 0.2) is 164 Å². The van der Waals surface area contributed by atoms with Crippen LogP contribution in [-0.4, -0.2) is 45.5 Å². The Kier molecular flexibility index (Phi) is 9.59. The van der Waals surface area contributed by atoms with Crippen molar-refractivity contribution in [3.05, 3.63) is 192 Å². The topological polar surface area (TPSA) is 15.3 Å². The molecule has 0 amide bonds. The minimum atomic E-state index is -1.19. The van der Waals surface area contributed by atoms with Gasteiger partial charge in [-0.15, -0.1) is 0 Å². The monoisotopic (exact) mass is 782 g/mol. The van der Waals surface area contributed by atoms with Gasteiger partial charge in [-0.05, 0) is 110 Å². The molecule has 0 bridgehead atoms. The van der Waals surface area contributed by atoms with Crippen LogP contribution in [0, 0.1) is 0 Å². The number of nitrogens with zero attached hydrogens (tertiary/aromatic N) is 1. The Bertz CT molecular complexity index is 2750. The first-order chi connectivity index (χ1) is 28.7. The van der Waals surface area contributed by atoms with E-state index in [0.717, 1.165) is 25.7 Å². The van der Waals surface area contributed by atoms with Gasteiger partial charge >= 0.3 is 0 Å². The Morgan fingerprint density at radius 3 is 2.25 bits per heavy atom. The molecule has 0 spiro atoms. The molecule has 2 aliphatic heterocycles. The summed E-state index contributed by atoms with van der Waals surface area (Å²) in [6.07, 6.45) is 18.4. The molecular formula is C55H52BN2P+. The van der Waals surface area contributed by atoms with Crippen LogP contribution in [0.25, 0.3) is 39.0 Å². The SMILES string of the molecule is CC1/C=C\C=C/CNC/C(c2c3c(cc4c2-c2ccccc2C4)N(c2ccccc2-c2ccccc2)c2cc4c(cc2[B]3)C(C)(C)c2ccccc2-4)=C\C=C/C[P+]1(C)C. The van der Waals surface area contributed by atoms with Crippen molar-refractivity contribution in [2.45, 2.75) is 38.3 Å². The van der Waals surface area contributed by atoms with Gasteiger partial charge < -0.3 is 10.2 Å². The van der Waals surface area contributed by atoms with Gasteiger partial charge in [0, 0.05) is 56.0 Å². The second-order valence-electron chi connectivity index (χ2n) is 17.8. The van der Waals surface area contributed by atoms with E-state index in [0.29, 0.717) is 5.66 Å². The summed E-state index contributed by atoms with van der Waals surface area (Å²) in [4.78, 5) is 2.60. The fourth-order valence-corrected chi connectivity index (χ4v) is 11.5. The number of nitrogens with one attached hydrogen (secondary N) is 1. The molecule has 10 rings (SSSR count). The summed E-state index contributed by atoms with van der Waals surface area (Å²) in [5.41, 5.74) is 22.8. The van der Waals surface area contributed by atoms with Crippen LogP contribution in [-0.2, 0) is 11.8 Å². The maximum Gasteiger partial charge on any atom is 0.197 e. The number of allylic oxidation sites excluding steroid dienone is 6.